The maximum Gasteiger partial charge on any atom is 0.272 e. The van der Waals surface area contributed by atoms with Gasteiger partial charge in [-0.25, -0.2) is 0 Å². The molecule has 0 aliphatic heterocycles. The number of carbonyl (C=O) groups is 1. The van der Waals surface area contributed by atoms with E-state index in [4.69, 9.17) is 4.74 Å². The van der Waals surface area contributed by atoms with Gasteiger partial charge < -0.3 is 10.1 Å². The van der Waals surface area contributed by atoms with E-state index in [1.807, 2.05) is 31.0 Å². The molecule has 128 valence electrons. The molecule has 7 nitrogen and oxygen atoms in total. The number of rotatable bonds is 5. The van der Waals surface area contributed by atoms with Gasteiger partial charge >= 0.3 is 0 Å². The zero-order valence-electron chi connectivity index (χ0n) is 14.1. The number of hydrogen-bond donors (Lipinski definition) is 1. The van der Waals surface area contributed by atoms with Crippen molar-refractivity contribution in [2.75, 3.05) is 0 Å². The normalized spacial score (nSPS) is 23.4. The molecular formula is C17H23N5O2. The second kappa shape index (κ2) is 5.96. The maximum absolute atomic E-state index is 12.6. The van der Waals surface area contributed by atoms with Crippen molar-refractivity contribution >= 4 is 5.91 Å². The summed E-state index contributed by atoms with van der Waals surface area (Å²) in [6.07, 6.45) is 8.86. The molecule has 2 aromatic rings. The van der Waals surface area contributed by atoms with Gasteiger partial charge in [0.2, 0.25) is 0 Å². The Morgan fingerprint density at radius 1 is 1.29 bits per heavy atom. The smallest absolute Gasteiger partial charge is 0.272 e. The first-order valence-corrected chi connectivity index (χ1v) is 8.60. The molecule has 2 aliphatic rings. The molecule has 2 heterocycles. The lowest BCUT2D eigenvalue weighted by Crippen LogP contribution is -2.42. The fourth-order valence-electron chi connectivity index (χ4n) is 3.46. The van der Waals surface area contributed by atoms with Gasteiger partial charge in [0.1, 0.15) is 11.8 Å². The summed E-state index contributed by atoms with van der Waals surface area (Å²) in [4.78, 5) is 12.6. The van der Waals surface area contributed by atoms with Gasteiger partial charge in [-0.1, -0.05) is 0 Å². The van der Waals surface area contributed by atoms with Crippen LogP contribution in [0.3, 0.4) is 0 Å². The van der Waals surface area contributed by atoms with E-state index >= 15 is 0 Å². The Morgan fingerprint density at radius 3 is 2.83 bits per heavy atom. The molecule has 7 heteroatoms. The number of nitrogens with one attached hydrogen (secondary N) is 1. The fraction of sp³-hybridized carbons (Fsp3) is 0.588. The summed E-state index contributed by atoms with van der Waals surface area (Å²) in [6, 6.07) is 1.95. The maximum atomic E-state index is 12.6. The van der Waals surface area contributed by atoms with Crippen molar-refractivity contribution in [1.82, 2.24) is 24.9 Å². The highest BCUT2D eigenvalue weighted by molar-refractivity contribution is 5.92. The van der Waals surface area contributed by atoms with Crippen molar-refractivity contribution < 1.29 is 9.53 Å². The van der Waals surface area contributed by atoms with Gasteiger partial charge in [0.05, 0.1) is 18.4 Å². The molecule has 1 amide bonds. The van der Waals surface area contributed by atoms with E-state index in [9.17, 15) is 4.79 Å². The molecule has 4 rings (SSSR count). The second-order valence-electron chi connectivity index (χ2n) is 6.87. The van der Waals surface area contributed by atoms with Crippen LogP contribution in [0.4, 0.5) is 0 Å². The molecule has 0 unspecified atom stereocenters. The summed E-state index contributed by atoms with van der Waals surface area (Å²) in [7, 11) is 3.77. The Labute approximate surface area is 141 Å². The molecule has 0 spiro atoms. The van der Waals surface area contributed by atoms with E-state index in [1.165, 1.54) is 12.8 Å². The van der Waals surface area contributed by atoms with Crippen LogP contribution in [0, 0.1) is 0 Å². The Hall–Kier alpha value is -2.31. The molecule has 24 heavy (non-hydrogen) atoms. The van der Waals surface area contributed by atoms with Gasteiger partial charge in [-0.15, -0.1) is 0 Å². The standard InChI is InChI=1S/C17H23N5O2/c1-21-10-12(9-18-21)24-16-5-3-4-13(16)19-17(23)14-8-15(11-6-7-11)22(2)20-14/h8-11,13,16H,3-7H2,1-2H3,(H,19,23)/t13-,16+/m0/s1. The fourth-order valence-corrected chi connectivity index (χ4v) is 3.46. The van der Waals surface area contributed by atoms with Crippen molar-refractivity contribution in [2.24, 2.45) is 14.1 Å². The monoisotopic (exact) mass is 329 g/mol. The van der Waals surface area contributed by atoms with Gasteiger partial charge in [-0.2, -0.15) is 10.2 Å². The van der Waals surface area contributed by atoms with Crippen LogP contribution in [0.15, 0.2) is 18.5 Å². The van der Waals surface area contributed by atoms with Crippen LogP contribution >= 0.6 is 0 Å². The summed E-state index contributed by atoms with van der Waals surface area (Å²) in [5, 5.41) is 11.6. The minimum Gasteiger partial charge on any atom is -0.485 e. The third-order valence-corrected chi connectivity index (χ3v) is 4.88. The molecule has 0 saturated heterocycles. The lowest BCUT2D eigenvalue weighted by atomic mass is 10.2. The Kier molecular flexibility index (Phi) is 3.78. The van der Waals surface area contributed by atoms with Crippen LogP contribution in [0.2, 0.25) is 0 Å². The number of ether oxygens (including phenoxy) is 1. The van der Waals surface area contributed by atoms with Crippen LogP contribution in [0.1, 0.15) is 54.2 Å². The van der Waals surface area contributed by atoms with Crippen LogP contribution in [0.25, 0.3) is 0 Å². The third kappa shape index (κ3) is 3.02. The number of amides is 1. The lowest BCUT2D eigenvalue weighted by molar-refractivity contribution is 0.0888. The average molecular weight is 329 g/mol. The minimum absolute atomic E-state index is 0.00948. The van der Waals surface area contributed by atoms with Crippen molar-refractivity contribution in [3.8, 4) is 5.75 Å². The van der Waals surface area contributed by atoms with E-state index in [1.54, 1.807) is 10.9 Å². The van der Waals surface area contributed by atoms with Crippen LogP contribution < -0.4 is 10.1 Å². The van der Waals surface area contributed by atoms with Gasteiger partial charge in [0, 0.05) is 25.7 Å². The van der Waals surface area contributed by atoms with Crippen LogP contribution in [0.5, 0.6) is 5.75 Å². The van der Waals surface area contributed by atoms with E-state index in [0.717, 1.165) is 30.7 Å². The molecular weight excluding hydrogens is 306 g/mol. The first-order chi connectivity index (χ1) is 11.6. The number of nitrogens with zero attached hydrogens (tertiary/aromatic N) is 4. The Bertz CT molecular complexity index is 746. The van der Waals surface area contributed by atoms with E-state index < -0.39 is 0 Å². The van der Waals surface area contributed by atoms with Gasteiger partial charge in [-0.05, 0) is 38.2 Å². The predicted octanol–water partition coefficient (Wildman–Crippen LogP) is 1.76. The Morgan fingerprint density at radius 2 is 2.12 bits per heavy atom. The predicted molar refractivity (Wildman–Crippen MR) is 87.9 cm³/mol. The third-order valence-electron chi connectivity index (χ3n) is 4.88. The summed E-state index contributed by atoms with van der Waals surface area (Å²) in [6.45, 7) is 0. The number of aryl methyl sites for hydroxylation is 2. The highest BCUT2D eigenvalue weighted by atomic mass is 16.5. The summed E-state index contributed by atoms with van der Waals surface area (Å²) < 4.78 is 9.55. The zero-order valence-corrected chi connectivity index (χ0v) is 14.1. The molecule has 2 aliphatic carbocycles. The topological polar surface area (TPSA) is 74.0 Å². The lowest BCUT2D eigenvalue weighted by Gasteiger charge is -2.21. The average Bonchev–Trinajstić information content (AvgIpc) is 2.97. The summed E-state index contributed by atoms with van der Waals surface area (Å²) in [5.74, 6) is 1.22. The molecule has 2 fully saturated rings. The quantitative estimate of drug-likeness (QED) is 0.907. The zero-order chi connectivity index (χ0) is 16.7. The second-order valence-corrected chi connectivity index (χ2v) is 6.87. The Balaban J connectivity index is 1.41. The van der Waals surface area contributed by atoms with Crippen molar-refractivity contribution in [3.63, 3.8) is 0 Å². The number of carbonyl (C=O) groups excluding carboxylic acids is 1. The van der Waals surface area contributed by atoms with Gasteiger partial charge in [-0.3, -0.25) is 14.2 Å². The van der Waals surface area contributed by atoms with Gasteiger partial charge in [0.25, 0.3) is 5.91 Å². The molecule has 2 saturated carbocycles. The van der Waals surface area contributed by atoms with Gasteiger partial charge in [0.15, 0.2) is 5.75 Å². The molecule has 1 N–H and O–H groups in total. The van der Waals surface area contributed by atoms with Crippen LogP contribution in [-0.2, 0) is 14.1 Å². The van der Waals surface area contributed by atoms with Crippen molar-refractivity contribution in [2.45, 2.75) is 50.2 Å². The summed E-state index contributed by atoms with van der Waals surface area (Å²) >= 11 is 0. The van der Waals surface area contributed by atoms with Crippen molar-refractivity contribution in [1.29, 1.82) is 0 Å². The number of aromatic nitrogens is 4. The number of hydrogen-bond acceptors (Lipinski definition) is 4. The first-order valence-electron chi connectivity index (χ1n) is 8.60. The first kappa shape index (κ1) is 15.2. The largest absolute Gasteiger partial charge is 0.485 e. The molecule has 2 atom stereocenters. The molecule has 0 aromatic carbocycles. The van der Waals surface area contributed by atoms with E-state index in [-0.39, 0.29) is 18.1 Å². The molecule has 2 aromatic heterocycles. The van der Waals surface area contributed by atoms with Crippen molar-refractivity contribution in [3.05, 3.63) is 29.8 Å². The molecule has 0 radical (unpaired) electrons. The van der Waals surface area contributed by atoms with E-state index in [2.05, 4.69) is 15.5 Å². The van der Waals surface area contributed by atoms with Crippen LogP contribution in [-0.4, -0.2) is 37.6 Å². The highest BCUT2D eigenvalue weighted by Gasteiger charge is 2.32. The minimum atomic E-state index is -0.107. The molecule has 0 bridgehead atoms. The summed E-state index contributed by atoms with van der Waals surface area (Å²) in [5.41, 5.74) is 1.67. The van der Waals surface area contributed by atoms with E-state index in [0.29, 0.717) is 11.6 Å². The SMILES string of the molecule is Cn1cc(O[C@@H]2CCC[C@@H]2NC(=O)c2cc(C3CC3)n(C)n2)cn1. The highest BCUT2D eigenvalue weighted by Crippen LogP contribution is 2.40.